The second-order valence-electron chi connectivity index (χ2n) is 7.76. The molecule has 0 heterocycles. The Bertz CT molecular complexity index is 1100. The van der Waals surface area contributed by atoms with E-state index in [-0.39, 0.29) is 22.5 Å². The predicted molar refractivity (Wildman–Crippen MR) is 125 cm³/mol. The number of hydrogen-bond donors (Lipinski definition) is 1. The van der Waals surface area contributed by atoms with Crippen LogP contribution in [0.15, 0.2) is 47.4 Å². The molecular formula is C23H27ClN2O6S. The minimum atomic E-state index is -3.99. The molecule has 1 amide bonds. The van der Waals surface area contributed by atoms with Crippen molar-refractivity contribution >= 4 is 39.2 Å². The van der Waals surface area contributed by atoms with Crippen LogP contribution in [-0.2, 0) is 19.6 Å². The van der Waals surface area contributed by atoms with Gasteiger partial charge in [-0.2, -0.15) is 4.31 Å². The Hall–Kier alpha value is -2.62. The third-order valence-corrected chi connectivity index (χ3v) is 7.79. The molecule has 0 spiro atoms. The number of rotatable bonds is 8. The van der Waals surface area contributed by atoms with E-state index in [0.29, 0.717) is 29.8 Å². The Morgan fingerprint density at radius 1 is 1.06 bits per heavy atom. The van der Waals surface area contributed by atoms with Crippen molar-refractivity contribution in [3.05, 3.63) is 53.1 Å². The molecule has 1 N–H and O–H groups in total. The zero-order chi connectivity index (χ0) is 24.0. The van der Waals surface area contributed by atoms with Crippen LogP contribution in [0.1, 0.15) is 42.5 Å². The maximum atomic E-state index is 13.5. The molecule has 2 aromatic carbocycles. The van der Waals surface area contributed by atoms with Gasteiger partial charge in [0.05, 0.1) is 36.2 Å². The van der Waals surface area contributed by atoms with E-state index in [1.54, 1.807) is 12.1 Å². The van der Waals surface area contributed by atoms with E-state index in [9.17, 15) is 18.0 Å². The number of esters is 1. The van der Waals surface area contributed by atoms with Gasteiger partial charge in [-0.05, 0) is 55.3 Å². The van der Waals surface area contributed by atoms with Gasteiger partial charge in [0.25, 0.3) is 0 Å². The molecule has 178 valence electrons. The van der Waals surface area contributed by atoms with Gasteiger partial charge in [-0.25, -0.2) is 13.2 Å². The number of nitrogens with one attached hydrogen (secondary N) is 1. The Labute approximate surface area is 198 Å². The number of sulfonamides is 1. The van der Waals surface area contributed by atoms with Crippen molar-refractivity contribution in [1.82, 2.24) is 4.31 Å². The summed E-state index contributed by atoms with van der Waals surface area (Å²) >= 11 is 6.16. The molecule has 0 radical (unpaired) electrons. The minimum absolute atomic E-state index is 0.00843. The van der Waals surface area contributed by atoms with Gasteiger partial charge < -0.3 is 14.8 Å². The van der Waals surface area contributed by atoms with Gasteiger partial charge in [-0.1, -0.05) is 30.9 Å². The summed E-state index contributed by atoms with van der Waals surface area (Å²) in [6, 6.07) is 10.2. The van der Waals surface area contributed by atoms with Gasteiger partial charge in [-0.3, -0.25) is 4.79 Å². The Kier molecular flexibility index (Phi) is 8.34. The first kappa shape index (κ1) is 25.0. The van der Waals surface area contributed by atoms with E-state index in [0.717, 1.165) is 19.3 Å². The third kappa shape index (κ3) is 6.04. The number of hydrogen-bond acceptors (Lipinski definition) is 6. The molecule has 0 saturated heterocycles. The van der Waals surface area contributed by atoms with Gasteiger partial charge in [0.1, 0.15) is 5.75 Å². The molecule has 0 bridgehead atoms. The Morgan fingerprint density at radius 3 is 2.30 bits per heavy atom. The lowest BCUT2D eigenvalue weighted by Crippen LogP contribution is -2.45. The summed E-state index contributed by atoms with van der Waals surface area (Å²) < 4.78 is 38.1. The lowest BCUT2D eigenvalue weighted by molar-refractivity contribution is -0.116. The van der Waals surface area contributed by atoms with Crippen LogP contribution >= 0.6 is 11.6 Å². The van der Waals surface area contributed by atoms with E-state index in [2.05, 4.69) is 10.1 Å². The number of halogens is 1. The molecule has 1 aliphatic carbocycles. The van der Waals surface area contributed by atoms with Crippen LogP contribution in [0.3, 0.4) is 0 Å². The van der Waals surface area contributed by atoms with E-state index in [4.69, 9.17) is 16.3 Å². The normalized spacial score (nSPS) is 14.7. The second kappa shape index (κ2) is 11.0. The topological polar surface area (TPSA) is 102 Å². The summed E-state index contributed by atoms with van der Waals surface area (Å²) in [5.41, 5.74) is 0.791. The van der Waals surface area contributed by atoms with E-state index in [1.807, 2.05) is 0 Å². The van der Waals surface area contributed by atoms with Crippen molar-refractivity contribution in [2.75, 3.05) is 26.1 Å². The number of carbonyl (C=O) groups excluding carboxylic acids is 2. The van der Waals surface area contributed by atoms with Crippen LogP contribution in [0.5, 0.6) is 5.75 Å². The standard InChI is InChI=1S/C23H27ClN2O6S/c1-31-21-13-12-19(14-20(21)24)33(29,30)26(18-6-4-3-5-7-18)15-22(27)25-17-10-8-16(9-11-17)23(28)32-2/h8-14,18H,3-7,15H2,1-2H3,(H,25,27). The number of methoxy groups -OCH3 is 2. The van der Waals surface area contributed by atoms with Crippen LogP contribution in [-0.4, -0.2) is 51.4 Å². The molecule has 0 aromatic heterocycles. The van der Waals surface area contributed by atoms with E-state index < -0.39 is 21.9 Å². The maximum Gasteiger partial charge on any atom is 0.337 e. The smallest absolute Gasteiger partial charge is 0.337 e. The molecular weight excluding hydrogens is 468 g/mol. The summed E-state index contributed by atoms with van der Waals surface area (Å²) in [6.45, 7) is -0.338. The predicted octanol–water partition coefficient (Wildman–Crippen LogP) is 4.10. The molecule has 0 atom stereocenters. The van der Waals surface area contributed by atoms with Crippen LogP contribution < -0.4 is 10.1 Å². The molecule has 1 saturated carbocycles. The fraction of sp³-hybridized carbons (Fsp3) is 0.391. The average Bonchev–Trinajstić information content (AvgIpc) is 2.83. The number of benzene rings is 2. The Balaban J connectivity index is 1.82. The first-order valence-corrected chi connectivity index (χ1v) is 12.4. The van der Waals surface area contributed by atoms with Gasteiger partial charge in [-0.15, -0.1) is 0 Å². The summed E-state index contributed by atoms with van der Waals surface area (Å²) in [4.78, 5) is 24.4. The monoisotopic (exact) mass is 494 g/mol. The van der Waals surface area contributed by atoms with Crippen molar-refractivity contribution in [3.63, 3.8) is 0 Å². The average molecular weight is 495 g/mol. The molecule has 3 rings (SSSR count). The van der Waals surface area contributed by atoms with Crippen molar-refractivity contribution in [2.24, 2.45) is 0 Å². The number of amides is 1. The van der Waals surface area contributed by atoms with Gasteiger partial charge in [0.15, 0.2) is 0 Å². The van der Waals surface area contributed by atoms with Crippen molar-refractivity contribution in [2.45, 2.75) is 43.0 Å². The number of carbonyl (C=O) groups is 2. The molecule has 10 heteroatoms. The van der Waals surface area contributed by atoms with Gasteiger partial charge in [0, 0.05) is 11.7 Å². The summed E-state index contributed by atoms with van der Waals surface area (Å²) in [6.07, 6.45) is 4.21. The summed E-state index contributed by atoms with van der Waals surface area (Å²) in [5, 5.41) is 2.88. The minimum Gasteiger partial charge on any atom is -0.495 e. The summed E-state index contributed by atoms with van der Waals surface area (Å²) in [7, 11) is -1.25. The second-order valence-corrected chi connectivity index (χ2v) is 10.1. The summed E-state index contributed by atoms with van der Waals surface area (Å²) in [5.74, 6) is -0.594. The zero-order valence-corrected chi connectivity index (χ0v) is 20.1. The van der Waals surface area contributed by atoms with Crippen LogP contribution in [0, 0.1) is 0 Å². The SMILES string of the molecule is COC(=O)c1ccc(NC(=O)CN(C2CCCCC2)S(=O)(=O)c2ccc(OC)c(Cl)c2)cc1. The Morgan fingerprint density at radius 2 is 1.73 bits per heavy atom. The number of ether oxygens (including phenoxy) is 2. The van der Waals surface area contributed by atoms with Gasteiger partial charge >= 0.3 is 5.97 Å². The van der Waals surface area contributed by atoms with Crippen molar-refractivity contribution in [3.8, 4) is 5.75 Å². The largest absolute Gasteiger partial charge is 0.495 e. The van der Waals surface area contributed by atoms with Gasteiger partial charge in [0.2, 0.25) is 15.9 Å². The zero-order valence-electron chi connectivity index (χ0n) is 18.5. The molecule has 8 nitrogen and oxygen atoms in total. The molecule has 2 aromatic rings. The highest BCUT2D eigenvalue weighted by Crippen LogP contribution is 2.32. The van der Waals surface area contributed by atoms with Crippen LogP contribution in [0.2, 0.25) is 5.02 Å². The number of anilines is 1. The van der Waals surface area contributed by atoms with E-state index >= 15 is 0 Å². The fourth-order valence-corrected chi connectivity index (χ4v) is 5.86. The van der Waals surface area contributed by atoms with Crippen LogP contribution in [0.4, 0.5) is 5.69 Å². The first-order chi connectivity index (χ1) is 15.8. The maximum absolute atomic E-state index is 13.5. The third-order valence-electron chi connectivity index (χ3n) is 5.60. The molecule has 1 aliphatic rings. The van der Waals surface area contributed by atoms with Crippen molar-refractivity contribution < 1.29 is 27.5 Å². The quantitative estimate of drug-likeness (QED) is 0.554. The van der Waals surface area contributed by atoms with Crippen LogP contribution in [0.25, 0.3) is 0 Å². The number of nitrogens with zero attached hydrogens (tertiary/aromatic N) is 1. The highest BCUT2D eigenvalue weighted by Gasteiger charge is 2.34. The van der Waals surface area contributed by atoms with E-state index in [1.165, 1.54) is 48.9 Å². The lowest BCUT2D eigenvalue weighted by atomic mass is 9.95. The fourth-order valence-electron chi connectivity index (χ4n) is 3.87. The molecule has 1 fully saturated rings. The lowest BCUT2D eigenvalue weighted by Gasteiger charge is -2.33. The van der Waals surface area contributed by atoms with Crippen molar-refractivity contribution in [1.29, 1.82) is 0 Å². The first-order valence-electron chi connectivity index (χ1n) is 10.6. The molecule has 0 aliphatic heterocycles. The highest BCUT2D eigenvalue weighted by atomic mass is 35.5. The molecule has 33 heavy (non-hydrogen) atoms. The molecule has 0 unspecified atom stereocenters. The highest BCUT2D eigenvalue weighted by molar-refractivity contribution is 7.89.